The number of rotatable bonds is 11. The fraction of sp³-hybridized carbons (Fsp3) is 0.667. The summed E-state index contributed by atoms with van der Waals surface area (Å²) in [6, 6.07) is 8.15. The van der Waals surface area contributed by atoms with Crippen molar-refractivity contribution in [1.29, 1.82) is 0 Å². The lowest BCUT2D eigenvalue weighted by Gasteiger charge is -2.15. The van der Waals surface area contributed by atoms with E-state index in [1.165, 1.54) is 24.8 Å². The highest BCUT2D eigenvalue weighted by atomic mass is 16.5. The Morgan fingerprint density at radius 2 is 1.81 bits per heavy atom. The monoisotopic (exact) mass is 293 g/mol. The summed E-state index contributed by atoms with van der Waals surface area (Å²) < 4.78 is 5.73. The maximum Gasteiger partial charge on any atom is 0.147 e. The molecule has 1 rings (SSSR count). The van der Waals surface area contributed by atoms with E-state index in [1.807, 2.05) is 12.1 Å². The van der Waals surface area contributed by atoms with E-state index in [1.54, 1.807) is 0 Å². The molecule has 2 atom stereocenters. The van der Waals surface area contributed by atoms with Crippen LogP contribution in [0.25, 0.3) is 0 Å². The highest BCUT2D eigenvalue weighted by Gasteiger charge is 2.05. The van der Waals surface area contributed by atoms with Crippen molar-refractivity contribution in [1.82, 2.24) is 0 Å². The Kier molecular flexibility index (Phi) is 9.11. The zero-order valence-electron chi connectivity index (χ0n) is 13.6. The predicted molar refractivity (Wildman–Crippen MR) is 88.4 cm³/mol. The number of unbranched alkanes of at least 4 members (excludes halogenated alkanes) is 3. The zero-order chi connectivity index (χ0) is 15.5. The molecule has 21 heavy (non-hydrogen) atoms. The quantitative estimate of drug-likeness (QED) is 0.481. The Balaban J connectivity index is 2.29. The molecule has 0 aromatic heterocycles. The van der Waals surface area contributed by atoms with Crippen molar-refractivity contribution in [3.8, 4) is 5.75 Å². The first-order valence-electron chi connectivity index (χ1n) is 8.27. The lowest BCUT2D eigenvalue weighted by Crippen LogP contribution is -2.26. The minimum atomic E-state index is -0.206. The van der Waals surface area contributed by atoms with Crippen molar-refractivity contribution in [2.45, 2.75) is 65.0 Å². The average molecular weight is 293 g/mol. The third kappa shape index (κ3) is 8.08. The molecule has 0 aliphatic carbocycles. The maximum atomic E-state index is 9.03. The summed E-state index contributed by atoms with van der Waals surface area (Å²) in [5, 5.41) is 9.03. The molecule has 1 aromatic rings. The third-order valence-corrected chi connectivity index (χ3v) is 3.79. The summed E-state index contributed by atoms with van der Waals surface area (Å²) in [4.78, 5) is 0. The van der Waals surface area contributed by atoms with Crippen molar-refractivity contribution < 1.29 is 9.84 Å². The van der Waals surface area contributed by atoms with E-state index in [2.05, 4.69) is 26.0 Å². The Bertz CT molecular complexity index is 364. The van der Waals surface area contributed by atoms with Gasteiger partial charge in [0.25, 0.3) is 0 Å². The molecule has 0 spiro atoms. The molecule has 3 N–H and O–H groups in total. The van der Waals surface area contributed by atoms with Crippen LogP contribution in [0.5, 0.6) is 5.75 Å². The SMILES string of the molecule is CCCCCCC(N)Oc1ccc(CCC(C)CO)cc1. The summed E-state index contributed by atoms with van der Waals surface area (Å²) in [5.41, 5.74) is 7.27. The van der Waals surface area contributed by atoms with Crippen LogP contribution in [0, 0.1) is 5.92 Å². The number of benzene rings is 1. The first-order chi connectivity index (χ1) is 10.2. The van der Waals surface area contributed by atoms with Gasteiger partial charge in [-0.15, -0.1) is 0 Å². The summed E-state index contributed by atoms with van der Waals surface area (Å²) in [6.07, 6.45) is 7.58. The van der Waals surface area contributed by atoms with E-state index < -0.39 is 0 Å². The lowest BCUT2D eigenvalue weighted by atomic mass is 10.0. The zero-order valence-corrected chi connectivity index (χ0v) is 13.6. The molecule has 3 nitrogen and oxygen atoms in total. The smallest absolute Gasteiger partial charge is 0.147 e. The van der Waals surface area contributed by atoms with E-state index in [0.29, 0.717) is 5.92 Å². The Labute approximate surface area is 129 Å². The van der Waals surface area contributed by atoms with Crippen molar-refractivity contribution in [3.63, 3.8) is 0 Å². The molecule has 0 heterocycles. The lowest BCUT2D eigenvalue weighted by molar-refractivity contribution is 0.194. The second-order valence-corrected chi connectivity index (χ2v) is 5.98. The van der Waals surface area contributed by atoms with Gasteiger partial charge in [0.15, 0.2) is 0 Å². The summed E-state index contributed by atoms with van der Waals surface area (Å²) >= 11 is 0. The molecule has 0 aliphatic rings. The molecule has 0 aliphatic heterocycles. The summed E-state index contributed by atoms with van der Waals surface area (Å²) in [6.45, 7) is 4.53. The minimum absolute atomic E-state index is 0.206. The van der Waals surface area contributed by atoms with Crippen LogP contribution in [0.1, 0.15) is 57.9 Å². The highest BCUT2D eigenvalue weighted by molar-refractivity contribution is 5.27. The van der Waals surface area contributed by atoms with Gasteiger partial charge in [-0.2, -0.15) is 0 Å². The first kappa shape index (κ1) is 18.0. The van der Waals surface area contributed by atoms with Gasteiger partial charge in [0.05, 0.1) is 0 Å². The third-order valence-electron chi connectivity index (χ3n) is 3.79. The second-order valence-electron chi connectivity index (χ2n) is 5.98. The Morgan fingerprint density at radius 1 is 1.10 bits per heavy atom. The van der Waals surface area contributed by atoms with Gasteiger partial charge in [0, 0.05) is 6.61 Å². The van der Waals surface area contributed by atoms with E-state index in [0.717, 1.165) is 31.4 Å². The fourth-order valence-corrected chi connectivity index (χ4v) is 2.25. The molecule has 3 heteroatoms. The van der Waals surface area contributed by atoms with Crippen LogP contribution in [0.3, 0.4) is 0 Å². The average Bonchev–Trinajstić information content (AvgIpc) is 2.50. The van der Waals surface area contributed by atoms with Crippen LogP contribution < -0.4 is 10.5 Å². The Hall–Kier alpha value is -1.06. The van der Waals surface area contributed by atoms with Crippen LogP contribution >= 0.6 is 0 Å². The number of nitrogens with two attached hydrogens (primary N) is 1. The van der Waals surface area contributed by atoms with Gasteiger partial charge >= 0.3 is 0 Å². The van der Waals surface area contributed by atoms with Crippen LogP contribution in [0.15, 0.2) is 24.3 Å². The molecule has 1 aromatic carbocycles. The number of hydrogen-bond donors (Lipinski definition) is 2. The highest BCUT2D eigenvalue weighted by Crippen LogP contribution is 2.17. The first-order valence-corrected chi connectivity index (χ1v) is 8.27. The van der Waals surface area contributed by atoms with E-state index in [4.69, 9.17) is 15.6 Å². The van der Waals surface area contributed by atoms with Gasteiger partial charge in [0.2, 0.25) is 0 Å². The largest absolute Gasteiger partial charge is 0.476 e. The molecular formula is C18H31NO2. The number of aryl methyl sites for hydroxylation is 1. The maximum absolute atomic E-state index is 9.03. The molecule has 0 radical (unpaired) electrons. The predicted octanol–water partition coefficient (Wildman–Crippen LogP) is 3.88. The normalized spacial score (nSPS) is 13.9. The van der Waals surface area contributed by atoms with Gasteiger partial charge in [0.1, 0.15) is 12.0 Å². The molecule has 0 bridgehead atoms. The second kappa shape index (κ2) is 10.6. The number of ether oxygens (including phenoxy) is 1. The molecular weight excluding hydrogens is 262 g/mol. The molecule has 120 valence electrons. The van der Waals surface area contributed by atoms with Gasteiger partial charge in [-0.25, -0.2) is 0 Å². The minimum Gasteiger partial charge on any atom is -0.476 e. The van der Waals surface area contributed by atoms with Crippen molar-refractivity contribution in [2.75, 3.05) is 6.61 Å². The van der Waals surface area contributed by atoms with Crippen LogP contribution in [0.4, 0.5) is 0 Å². The molecule has 0 fully saturated rings. The molecule has 0 amide bonds. The molecule has 2 unspecified atom stereocenters. The number of aliphatic hydroxyl groups excluding tert-OH is 1. The van der Waals surface area contributed by atoms with Gasteiger partial charge in [-0.1, -0.05) is 45.2 Å². The number of hydrogen-bond acceptors (Lipinski definition) is 3. The van der Waals surface area contributed by atoms with Gasteiger partial charge in [-0.05, 0) is 49.3 Å². The van der Waals surface area contributed by atoms with Gasteiger partial charge in [-0.3, -0.25) is 5.73 Å². The van der Waals surface area contributed by atoms with E-state index >= 15 is 0 Å². The van der Waals surface area contributed by atoms with Crippen molar-refractivity contribution in [2.24, 2.45) is 11.7 Å². The van der Waals surface area contributed by atoms with E-state index in [9.17, 15) is 0 Å². The van der Waals surface area contributed by atoms with Crippen molar-refractivity contribution in [3.05, 3.63) is 29.8 Å². The van der Waals surface area contributed by atoms with Crippen LogP contribution in [-0.2, 0) is 6.42 Å². The topological polar surface area (TPSA) is 55.5 Å². The Morgan fingerprint density at radius 3 is 2.43 bits per heavy atom. The standard InChI is InChI=1S/C18H31NO2/c1-3-4-5-6-7-18(19)21-17-12-10-16(11-13-17)9-8-15(2)14-20/h10-13,15,18,20H,3-9,14,19H2,1-2H3. The molecule has 0 saturated carbocycles. The van der Waals surface area contributed by atoms with Gasteiger partial charge < -0.3 is 9.84 Å². The molecule has 0 saturated heterocycles. The van der Waals surface area contributed by atoms with Crippen LogP contribution in [-0.4, -0.2) is 17.9 Å². The van der Waals surface area contributed by atoms with E-state index in [-0.39, 0.29) is 12.8 Å². The van der Waals surface area contributed by atoms with Crippen molar-refractivity contribution >= 4 is 0 Å². The van der Waals surface area contributed by atoms with Crippen LogP contribution in [0.2, 0.25) is 0 Å². The summed E-state index contributed by atoms with van der Waals surface area (Å²) in [5.74, 6) is 1.20. The number of aliphatic hydroxyl groups is 1. The summed E-state index contributed by atoms with van der Waals surface area (Å²) in [7, 11) is 0. The fourth-order valence-electron chi connectivity index (χ4n) is 2.25.